The summed E-state index contributed by atoms with van der Waals surface area (Å²) in [5.74, 6) is -2.15. The van der Waals surface area contributed by atoms with Crippen molar-refractivity contribution in [1.29, 1.82) is 0 Å². The van der Waals surface area contributed by atoms with Gasteiger partial charge in [-0.3, -0.25) is 19.7 Å². The van der Waals surface area contributed by atoms with Crippen molar-refractivity contribution in [3.05, 3.63) is 47.3 Å². The molecule has 1 heterocycles. The Morgan fingerprint density at radius 1 is 1.27 bits per heavy atom. The molecule has 1 aromatic heterocycles. The van der Waals surface area contributed by atoms with E-state index in [-0.39, 0.29) is 20.2 Å². The average molecular weight is 529 g/mol. The molecule has 0 aliphatic heterocycles. The van der Waals surface area contributed by atoms with E-state index in [0.29, 0.717) is 16.2 Å². The van der Waals surface area contributed by atoms with Crippen molar-refractivity contribution in [3.63, 3.8) is 0 Å². The normalized spacial score (nSPS) is 12.0. The summed E-state index contributed by atoms with van der Waals surface area (Å²) >= 11 is 9.63. The van der Waals surface area contributed by atoms with E-state index in [1.807, 2.05) is 0 Å². The summed E-state index contributed by atoms with van der Waals surface area (Å²) in [5, 5.41) is 10.7. The van der Waals surface area contributed by atoms with Crippen LogP contribution in [0.2, 0.25) is 5.02 Å². The number of nitro benzene ring substituents is 1. The lowest BCUT2D eigenvalue weighted by atomic mass is 9.94. The summed E-state index contributed by atoms with van der Waals surface area (Å²) in [7, 11) is 0. The molecule has 7 nitrogen and oxygen atoms in total. The Balaban J connectivity index is 2.78. The van der Waals surface area contributed by atoms with E-state index < -0.39 is 44.6 Å². The number of aromatic nitrogens is 1. The Morgan fingerprint density at radius 3 is 2.27 bits per heavy atom. The molecule has 0 saturated carbocycles. The number of halogens is 5. The molecule has 0 saturated heterocycles. The maximum atomic E-state index is 13.4. The van der Waals surface area contributed by atoms with Gasteiger partial charge in [-0.1, -0.05) is 32.4 Å². The minimum atomic E-state index is -4.93. The van der Waals surface area contributed by atoms with Crippen molar-refractivity contribution in [2.45, 2.75) is 33.9 Å². The number of rotatable bonds is 3. The average Bonchev–Trinajstić information content (AvgIpc) is 2.98. The molecule has 0 spiro atoms. The van der Waals surface area contributed by atoms with E-state index in [2.05, 4.69) is 20.9 Å². The zero-order valence-corrected chi connectivity index (χ0v) is 19.1. The number of thiazole rings is 1. The number of aryl methyl sites for hydroxylation is 1. The fraction of sp³-hybridized carbons (Fsp3) is 0.353. The summed E-state index contributed by atoms with van der Waals surface area (Å²) in [4.78, 5) is 39.7. The molecule has 0 aliphatic rings. The fourth-order valence-electron chi connectivity index (χ4n) is 2.37. The largest absolute Gasteiger partial charge is 0.435 e. The Morgan fingerprint density at radius 2 is 1.83 bits per heavy atom. The van der Waals surface area contributed by atoms with Gasteiger partial charge in [-0.2, -0.15) is 13.2 Å². The number of imide groups is 1. The lowest BCUT2D eigenvalue weighted by molar-refractivity contribution is -0.384. The minimum absolute atomic E-state index is 0.0253. The van der Waals surface area contributed by atoms with Crippen LogP contribution in [0.15, 0.2) is 16.6 Å². The molecule has 0 bridgehead atoms. The van der Waals surface area contributed by atoms with Gasteiger partial charge in [-0.15, -0.1) is 11.3 Å². The number of hydrogen-bond acceptors (Lipinski definition) is 6. The van der Waals surface area contributed by atoms with E-state index in [4.69, 9.17) is 11.6 Å². The molecule has 2 aromatic rings. The third-order valence-electron chi connectivity index (χ3n) is 3.68. The number of carbonyl (C=O) groups excluding carboxylic acids is 2. The van der Waals surface area contributed by atoms with Crippen LogP contribution < -0.4 is 4.90 Å². The number of alkyl halides is 3. The van der Waals surface area contributed by atoms with Crippen molar-refractivity contribution in [2.24, 2.45) is 5.41 Å². The highest BCUT2D eigenvalue weighted by molar-refractivity contribution is 9.10. The zero-order valence-electron chi connectivity index (χ0n) is 15.9. The fourth-order valence-corrected chi connectivity index (χ4v) is 4.27. The van der Waals surface area contributed by atoms with Gasteiger partial charge < -0.3 is 0 Å². The van der Waals surface area contributed by atoms with Crippen molar-refractivity contribution in [2.75, 3.05) is 4.90 Å². The molecular formula is C17H14BrClF3N3O4S. The molecule has 0 radical (unpaired) electrons. The predicted octanol–water partition coefficient (Wildman–Crippen LogP) is 6.01. The molecule has 0 fully saturated rings. The van der Waals surface area contributed by atoms with E-state index in [0.717, 1.165) is 12.1 Å². The topological polar surface area (TPSA) is 93.4 Å². The van der Waals surface area contributed by atoms with Crippen molar-refractivity contribution < 1.29 is 27.7 Å². The van der Waals surface area contributed by atoms with Crippen molar-refractivity contribution >= 4 is 62.1 Å². The number of carbonyl (C=O) groups is 2. The number of non-ortho nitro benzene ring substituents is 1. The molecule has 162 valence electrons. The molecular weight excluding hydrogens is 515 g/mol. The van der Waals surface area contributed by atoms with Crippen LogP contribution in [0.4, 0.5) is 24.5 Å². The second-order valence-electron chi connectivity index (χ2n) is 7.12. The van der Waals surface area contributed by atoms with Gasteiger partial charge in [0.1, 0.15) is 4.88 Å². The molecule has 30 heavy (non-hydrogen) atoms. The van der Waals surface area contributed by atoms with Crippen LogP contribution in [-0.2, 0) is 11.0 Å². The Labute approximate surface area is 186 Å². The minimum Gasteiger partial charge on any atom is -0.273 e. The van der Waals surface area contributed by atoms with E-state index in [1.54, 1.807) is 0 Å². The highest BCUT2D eigenvalue weighted by atomic mass is 79.9. The highest BCUT2D eigenvalue weighted by Crippen LogP contribution is 2.42. The summed E-state index contributed by atoms with van der Waals surface area (Å²) in [5.41, 5.74) is -3.35. The van der Waals surface area contributed by atoms with Gasteiger partial charge in [0.05, 0.1) is 25.1 Å². The first-order chi connectivity index (χ1) is 13.6. The molecule has 1 aromatic carbocycles. The lowest BCUT2D eigenvalue weighted by Crippen LogP contribution is -2.44. The smallest absolute Gasteiger partial charge is 0.273 e. The first kappa shape index (κ1) is 24.2. The number of amides is 2. The highest BCUT2D eigenvalue weighted by Gasteiger charge is 2.43. The quantitative estimate of drug-likeness (QED) is 0.359. The second-order valence-corrected chi connectivity index (χ2v) is 9.58. The summed E-state index contributed by atoms with van der Waals surface area (Å²) < 4.78 is 40.1. The summed E-state index contributed by atoms with van der Waals surface area (Å²) in [6.07, 6.45) is -4.93. The third kappa shape index (κ3) is 4.81. The Kier molecular flexibility index (Phi) is 6.65. The van der Waals surface area contributed by atoms with Crippen LogP contribution in [0.25, 0.3) is 0 Å². The molecule has 2 rings (SSSR count). The summed E-state index contributed by atoms with van der Waals surface area (Å²) in [6, 6.07) is 1.90. The van der Waals surface area contributed by atoms with Crippen LogP contribution in [0, 0.1) is 22.5 Å². The number of benzene rings is 1. The van der Waals surface area contributed by atoms with E-state index in [9.17, 15) is 32.9 Å². The Hall–Kier alpha value is -2.05. The SMILES string of the molecule is Cc1nc(C(F)(F)F)c(C(=O)N(C(=O)C(C)(C)C)c2c(Cl)cc([N+](=O)[O-])cc2Br)s1. The third-order valence-corrected chi connectivity index (χ3v) is 5.53. The van der Waals surface area contributed by atoms with Gasteiger partial charge in [0.25, 0.3) is 11.6 Å². The first-order valence-corrected chi connectivity index (χ1v) is 10.1. The molecule has 0 atom stereocenters. The van der Waals surface area contributed by atoms with Crippen LogP contribution in [0.1, 0.15) is 41.1 Å². The van der Waals surface area contributed by atoms with Crippen LogP contribution in [-0.4, -0.2) is 21.7 Å². The van der Waals surface area contributed by atoms with Crippen molar-refractivity contribution in [1.82, 2.24) is 4.98 Å². The van der Waals surface area contributed by atoms with Gasteiger partial charge in [0, 0.05) is 17.5 Å². The van der Waals surface area contributed by atoms with Gasteiger partial charge >= 0.3 is 6.18 Å². The zero-order chi connectivity index (χ0) is 23.2. The monoisotopic (exact) mass is 527 g/mol. The van der Waals surface area contributed by atoms with E-state index >= 15 is 0 Å². The van der Waals surface area contributed by atoms with Gasteiger partial charge in [0.2, 0.25) is 5.91 Å². The molecule has 2 amide bonds. The maximum absolute atomic E-state index is 13.4. The maximum Gasteiger partial charge on any atom is 0.435 e. The number of nitrogens with zero attached hydrogens (tertiary/aromatic N) is 3. The lowest BCUT2D eigenvalue weighted by Gasteiger charge is -2.29. The van der Waals surface area contributed by atoms with Crippen molar-refractivity contribution in [3.8, 4) is 0 Å². The molecule has 0 aliphatic carbocycles. The molecule has 13 heteroatoms. The molecule has 0 N–H and O–H groups in total. The summed E-state index contributed by atoms with van der Waals surface area (Å²) in [6.45, 7) is 5.68. The number of anilines is 1. The standard InChI is InChI=1S/C17H14BrClF3N3O4S/c1-7-23-13(17(20,21)22)12(30-7)14(26)24(15(27)16(2,3)4)11-9(18)5-8(25(28)29)6-10(11)19/h5-6H,1-4H3. The predicted molar refractivity (Wildman–Crippen MR) is 109 cm³/mol. The first-order valence-electron chi connectivity index (χ1n) is 8.12. The van der Waals surface area contributed by atoms with Crippen LogP contribution in [0.3, 0.4) is 0 Å². The second kappa shape index (κ2) is 8.23. The van der Waals surface area contributed by atoms with Crippen LogP contribution >= 0.6 is 38.9 Å². The Bertz CT molecular complexity index is 1030. The number of hydrogen-bond donors (Lipinski definition) is 0. The van der Waals surface area contributed by atoms with Gasteiger partial charge in [0.15, 0.2) is 5.69 Å². The van der Waals surface area contributed by atoms with Gasteiger partial charge in [-0.25, -0.2) is 9.88 Å². The number of nitro groups is 1. The van der Waals surface area contributed by atoms with Crippen LogP contribution in [0.5, 0.6) is 0 Å². The molecule has 0 unspecified atom stereocenters. The van der Waals surface area contributed by atoms with Gasteiger partial charge in [-0.05, 0) is 22.9 Å². The van der Waals surface area contributed by atoms with E-state index in [1.165, 1.54) is 27.7 Å².